The van der Waals surface area contributed by atoms with Crippen LogP contribution in [0.25, 0.3) is 0 Å². The van der Waals surface area contributed by atoms with Gasteiger partial charge in [-0.25, -0.2) is 14.5 Å². The first-order valence-electron chi connectivity index (χ1n) is 5.87. The minimum absolute atomic E-state index is 0.263. The zero-order chi connectivity index (χ0) is 14.0. The third-order valence-corrected chi connectivity index (χ3v) is 3.06. The van der Waals surface area contributed by atoms with Crippen molar-refractivity contribution >= 4 is 0 Å². The summed E-state index contributed by atoms with van der Waals surface area (Å²) in [4.78, 5) is 0. The summed E-state index contributed by atoms with van der Waals surface area (Å²) in [6.07, 6.45) is 0. The molecular formula is C13H17FN4O. The second-order valence-corrected chi connectivity index (χ2v) is 4.34. The van der Waals surface area contributed by atoms with Crippen LogP contribution >= 0.6 is 0 Å². The summed E-state index contributed by atoms with van der Waals surface area (Å²) >= 11 is 0. The number of benzene rings is 1. The van der Waals surface area contributed by atoms with E-state index in [-0.39, 0.29) is 11.9 Å². The molecule has 5 nitrogen and oxygen atoms in total. The number of ether oxygens (including phenoxy) is 1. The van der Waals surface area contributed by atoms with Crippen molar-refractivity contribution in [2.24, 2.45) is 12.9 Å². The van der Waals surface area contributed by atoms with E-state index in [1.165, 1.54) is 6.07 Å². The topological polar surface area (TPSA) is 65.1 Å². The number of hydrazine groups is 1. The summed E-state index contributed by atoms with van der Waals surface area (Å²) in [5, 5.41) is 4.31. The molecular weight excluding hydrogens is 247 g/mol. The summed E-state index contributed by atoms with van der Waals surface area (Å²) < 4.78 is 20.4. The molecule has 0 spiro atoms. The lowest BCUT2D eigenvalue weighted by Gasteiger charge is -2.14. The summed E-state index contributed by atoms with van der Waals surface area (Å²) in [5.41, 5.74) is 4.63. The lowest BCUT2D eigenvalue weighted by atomic mass is 10.0. The summed E-state index contributed by atoms with van der Waals surface area (Å²) in [5.74, 6) is 5.91. The number of nitrogens with one attached hydrogen (secondary N) is 1. The number of hydrogen-bond donors (Lipinski definition) is 2. The van der Waals surface area contributed by atoms with Crippen LogP contribution < -0.4 is 16.0 Å². The molecule has 2 aromatic rings. The van der Waals surface area contributed by atoms with Gasteiger partial charge < -0.3 is 4.74 Å². The van der Waals surface area contributed by atoms with Crippen molar-refractivity contribution in [3.63, 3.8) is 0 Å². The smallest absolute Gasteiger partial charge is 0.211 e. The average molecular weight is 264 g/mol. The standard InChI is InChI=1S/C13H17FN4O/c1-8-4-5-9(6-10(8)14)13(16-15)11-7-12(19-3)18(2)17-11/h4-7,13,16H,15H2,1-3H3. The molecule has 6 heteroatoms. The van der Waals surface area contributed by atoms with E-state index >= 15 is 0 Å². The molecule has 0 saturated carbocycles. The number of methoxy groups -OCH3 is 1. The minimum Gasteiger partial charge on any atom is -0.481 e. The number of nitrogens with two attached hydrogens (primary N) is 1. The lowest BCUT2D eigenvalue weighted by Crippen LogP contribution is -2.29. The van der Waals surface area contributed by atoms with Gasteiger partial charge >= 0.3 is 0 Å². The first-order chi connectivity index (χ1) is 9.06. The van der Waals surface area contributed by atoms with Crippen LogP contribution in [0, 0.1) is 12.7 Å². The molecule has 0 radical (unpaired) electrons. The molecule has 102 valence electrons. The third-order valence-electron chi connectivity index (χ3n) is 3.06. The molecule has 1 atom stereocenters. The predicted octanol–water partition coefficient (Wildman–Crippen LogP) is 1.43. The van der Waals surface area contributed by atoms with Crippen LogP contribution in [-0.2, 0) is 7.05 Å². The number of nitrogens with zero attached hydrogens (tertiary/aromatic N) is 2. The van der Waals surface area contributed by atoms with Crippen LogP contribution in [0.3, 0.4) is 0 Å². The highest BCUT2D eigenvalue weighted by molar-refractivity contribution is 5.32. The van der Waals surface area contributed by atoms with Gasteiger partial charge in [0.1, 0.15) is 5.82 Å². The molecule has 1 aromatic heterocycles. The normalized spacial score (nSPS) is 12.5. The highest BCUT2D eigenvalue weighted by Crippen LogP contribution is 2.24. The van der Waals surface area contributed by atoms with E-state index in [1.54, 1.807) is 37.9 Å². The van der Waals surface area contributed by atoms with Crippen LogP contribution in [0.4, 0.5) is 4.39 Å². The molecule has 0 aliphatic heterocycles. The lowest BCUT2D eigenvalue weighted by molar-refractivity contribution is 0.373. The molecule has 0 bridgehead atoms. The van der Waals surface area contributed by atoms with Crippen LogP contribution in [-0.4, -0.2) is 16.9 Å². The fraction of sp³-hybridized carbons (Fsp3) is 0.308. The van der Waals surface area contributed by atoms with Crippen molar-refractivity contribution in [3.05, 3.63) is 46.9 Å². The Morgan fingerprint density at radius 1 is 1.42 bits per heavy atom. The van der Waals surface area contributed by atoms with Gasteiger partial charge in [-0.15, -0.1) is 0 Å². The zero-order valence-electron chi connectivity index (χ0n) is 11.1. The third kappa shape index (κ3) is 2.59. The summed E-state index contributed by atoms with van der Waals surface area (Å²) in [6.45, 7) is 1.72. The van der Waals surface area contributed by atoms with Gasteiger partial charge in [0.05, 0.1) is 18.8 Å². The maximum atomic E-state index is 13.6. The van der Waals surface area contributed by atoms with Gasteiger partial charge in [0.2, 0.25) is 5.88 Å². The van der Waals surface area contributed by atoms with E-state index in [9.17, 15) is 4.39 Å². The number of aryl methyl sites for hydroxylation is 2. The molecule has 0 amide bonds. The summed E-state index contributed by atoms with van der Waals surface area (Å²) in [7, 11) is 3.34. The molecule has 3 N–H and O–H groups in total. The minimum atomic E-state index is -0.384. The number of aromatic nitrogens is 2. The van der Waals surface area contributed by atoms with Crippen LogP contribution in [0.15, 0.2) is 24.3 Å². The van der Waals surface area contributed by atoms with Crippen molar-refractivity contribution in [1.82, 2.24) is 15.2 Å². The Morgan fingerprint density at radius 2 is 2.16 bits per heavy atom. The number of halogens is 1. The quantitative estimate of drug-likeness (QED) is 0.647. The molecule has 0 aliphatic rings. The van der Waals surface area contributed by atoms with Gasteiger partial charge in [-0.3, -0.25) is 5.84 Å². The fourth-order valence-electron chi connectivity index (χ4n) is 1.94. The molecule has 1 heterocycles. The monoisotopic (exact) mass is 264 g/mol. The Labute approximate surface area is 111 Å². The van der Waals surface area contributed by atoms with Gasteiger partial charge in [0, 0.05) is 13.1 Å². The Bertz CT molecular complexity index is 582. The average Bonchev–Trinajstić information content (AvgIpc) is 2.75. The fourth-order valence-corrected chi connectivity index (χ4v) is 1.94. The van der Waals surface area contributed by atoms with Crippen molar-refractivity contribution in [1.29, 1.82) is 0 Å². The van der Waals surface area contributed by atoms with Crippen LogP contribution in [0.2, 0.25) is 0 Å². The first-order valence-corrected chi connectivity index (χ1v) is 5.87. The molecule has 1 aromatic carbocycles. The van der Waals surface area contributed by atoms with E-state index in [0.717, 1.165) is 0 Å². The Kier molecular flexibility index (Phi) is 3.82. The molecule has 0 aliphatic carbocycles. The van der Waals surface area contributed by atoms with Crippen LogP contribution in [0.1, 0.15) is 22.9 Å². The Morgan fingerprint density at radius 3 is 2.68 bits per heavy atom. The van der Waals surface area contributed by atoms with E-state index in [2.05, 4.69) is 10.5 Å². The highest BCUT2D eigenvalue weighted by Gasteiger charge is 2.18. The van der Waals surface area contributed by atoms with Crippen molar-refractivity contribution < 1.29 is 9.13 Å². The van der Waals surface area contributed by atoms with Crippen molar-refractivity contribution in [2.75, 3.05) is 7.11 Å². The second-order valence-electron chi connectivity index (χ2n) is 4.34. The van der Waals surface area contributed by atoms with Gasteiger partial charge in [0.25, 0.3) is 0 Å². The Hall–Kier alpha value is -1.92. The van der Waals surface area contributed by atoms with E-state index in [0.29, 0.717) is 22.7 Å². The maximum Gasteiger partial charge on any atom is 0.211 e. The molecule has 0 fully saturated rings. The maximum absolute atomic E-state index is 13.6. The van der Waals surface area contributed by atoms with Gasteiger partial charge in [0.15, 0.2) is 0 Å². The van der Waals surface area contributed by atoms with Gasteiger partial charge in [-0.2, -0.15) is 5.10 Å². The molecule has 2 rings (SSSR count). The van der Waals surface area contributed by atoms with Gasteiger partial charge in [-0.05, 0) is 24.1 Å². The van der Waals surface area contributed by atoms with Crippen LogP contribution in [0.5, 0.6) is 5.88 Å². The van der Waals surface area contributed by atoms with Gasteiger partial charge in [-0.1, -0.05) is 12.1 Å². The number of hydrogen-bond acceptors (Lipinski definition) is 4. The SMILES string of the molecule is COc1cc(C(NN)c2ccc(C)c(F)c2)nn1C. The molecule has 0 saturated heterocycles. The van der Waals surface area contributed by atoms with Crippen molar-refractivity contribution in [3.8, 4) is 5.88 Å². The number of rotatable bonds is 4. The molecule has 19 heavy (non-hydrogen) atoms. The second kappa shape index (κ2) is 5.38. The summed E-state index contributed by atoms with van der Waals surface area (Å²) in [6, 6.07) is 6.38. The van der Waals surface area contributed by atoms with Crippen molar-refractivity contribution in [2.45, 2.75) is 13.0 Å². The highest BCUT2D eigenvalue weighted by atomic mass is 19.1. The largest absolute Gasteiger partial charge is 0.481 e. The molecule has 1 unspecified atom stereocenters. The van der Waals surface area contributed by atoms with E-state index in [4.69, 9.17) is 10.6 Å². The first kappa shape index (κ1) is 13.5. The predicted molar refractivity (Wildman–Crippen MR) is 70.1 cm³/mol. The Balaban J connectivity index is 2.40. The zero-order valence-corrected chi connectivity index (χ0v) is 11.1. The van der Waals surface area contributed by atoms with E-state index < -0.39 is 0 Å². The van der Waals surface area contributed by atoms with E-state index in [1.807, 2.05) is 6.07 Å².